The van der Waals surface area contributed by atoms with Crippen LogP contribution in [-0.2, 0) is 16.1 Å². The van der Waals surface area contributed by atoms with E-state index in [1.807, 2.05) is 11.4 Å². The number of carbonyl (C=O) groups excluding carboxylic acids is 1. The van der Waals surface area contributed by atoms with Crippen molar-refractivity contribution in [3.05, 3.63) is 16.3 Å². The van der Waals surface area contributed by atoms with Gasteiger partial charge in [-0.1, -0.05) is 12.8 Å². The lowest BCUT2D eigenvalue weighted by atomic mass is 10.3. The van der Waals surface area contributed by atoms with Crippen molar-refractivity contribution in [2.24, 2.45) is 0 Å². The summed E-state index contributed by atoms with van der Waals surface area (Å²) in [6.07, 6.45) is 5.55. The molecule has 19 heavy (non-hydrogen) atoms. The van der Waals surface area contributed by atoms with Crippen LogP contribution in [0, 0.1) is 0 Å². The Morgan fingerprint density at radius 1 is 1.47 bits per heavy atom. The minimum absolute atomic E-state index is 0.0239. The fourth-order valence-electron chi connectivity index (χ4n) is 2.33. The maximum atomic E-state index is 11.0. The Hall–Kier alpha value is -0.910. The summed E-state index contributed by atoms with van der Waals surface area (Å²) in [6.45, 7) is 3.94. The average Bonchev–Trinajstić information content (AvgIpc) is 3.00. The Kier molecular flexibility index (Phi) is 5.82. The SMILES string of the molecule is CC(=O)Nc1ccsc1CNCCOC1CCCC1. The zero-order valence-corrected chi connectivity index (χ0v) is 12.2. The molecule has 1 aromatic heterocycles. The third kappa shape index (κ3) is 4.93. The standard InChI is InChI=1S/C14H22N2O2S/c1-11(17)16-13-6-9-19-14(13)10-15-7-8-18-12-4-2-3-5-12/h6,9,12,15H,2-5,7-8,10H2,1H3,(H,16,17). The zero-order valence-electron chi connectivity index (χ0n) is 11.4. The summed E-state index contributed by atoms with van der Waals surface area (Å²) in [5.41, 5.74) is 0.918. The Balaban J connectivity index is 1.62. The Morgan fingerprint density at radius 2 is 2.26 bits per heavy atom. The number of thiophene rings is 1. The van der Waals surface area contributed by atoms with Gasteiger partial charge in [-0.15, -0.1) is 11.3 Å². The molecule has 106 valence electrons. The number of ether oxygens (including phenoxy) is 1. The maximum absolute atomic E-state index is 11.0. The second-order valence-corrected chi connectivity index (χ2v) is 5.89. The van der Waals surface area contributed by atoms with E-state index >= 15 is 0 Å². The van der Waals surface area contributed by atoms with Gasteiger partial charge in [0.15, 0.2) is 0 Å². The van der Waals surface area contributed by atoms with Gasteiger partial charge in [0.2, 0.25) is 5.91 Å². The van der Waals surface area contributed by atoms with Crippen LogP contribution < -0.4 is 10.6 Å². The van der Waals surface area contributed by atoms with Crippen molar-refractivity contribution in [2.45, 2.75) is 45.3 Å². The predicted molar refractivity (Wildman–Crippen MR) is 78.5 cm³/mol. The fourth-order valence-corrected chi connectivity index (χ4v) is 3.13. The van der Waals surface area contributed by atoms with Gasteiger partial charge in [-0.05, 0) is 24.3 Å². The van der Waals surface area contributed by atoms with Crippen LogP contribution >= 0.6 is 11.3 Å². The molecule has 1 aliphatic rings. The second-order valence-electron chi connectivity index (χ2n) is 4.89. The van der Waals surface area contributed by atoms with Crippen molar-refractivity contribution in [3.63, 3.8) is 0 Å². The van der Waals surface area contributed by atoms with E-state index < -0.39 is 0 Å². The lowest BCUT2D eigenvalue weighted by Crippen LogP contribution is -2.22. The zero-order chi connectivity index (χ0) is 13.5. The van der Waals surface area contributed by atoms with Gasteiger partial charge in [0.1, 0.15) is 0 Å². The lowest BCUT2D eigenvalue weighted by Gasteiger charge is -2.11. The minimum Gasteiger partial charge on any atom is -0.377 e. The molecule has 1 aliphatic carbocycles. The van der Waals surface area contributed by atoms with Crippen LogP contribution in [0.4, 0.5) is 5.69 Å². The molecule has 0 radical (unpaired) electrons. The van der Waals surface area contributed by atoms with Gasteiger partial charge >= 0.3 is 0 Å². The van der Waals surface area contributed by atoms with Crippen LogP contribution in [0.1, 0.15) is 37.5 Å². The van der Waals surface area contributed by atoms with E-state index in [9.17, 15) is 4.79 Å². The Bertz CT molecular complexity index is 400. The molecule has 4 nitrogen and oxygen atoms in total. The predicted octanol–water partition coefficient (Wildman–Crippen LogP) is 2.76. The first-order valence-electron chi connectivity index (χ1n) is 6.92. The van der Waals surface area contributed by atoms with Crippen molar-refractivity contribution >= 4 is 22.9 Å². The van der Waals surface area contributed by atoms with Crippen molar-refractivity contribution in [3.8, 4) is 0 Å². The summed E-state index contributed by atoms with van der Waals surface area (Å²) in [6, 6.07) is 1.94. The van der Waals surface area contributed by atoms with Crippen LogP contribution in [0.25, 0.3) is 0 Å². The summed E-state index contributed by atoms with van der Waals surface area (Å²) < 4.78 is 5.79. The van der Waals surface area contributed by atoms with E-state index in [0.29, 0.717) is 6.10 Å². The molecule has 1 saturated carbocycles. The molecule has 0 atom stereocenters. The van der Waals surface area contributed by atoms with Crippen molar-refractivity contribution < 1.29 is 9.53 Å². The number of hydrogen-bond acceptors (Lipinski definition) is 4. The Morgan fingerprint density at radius 3 is 3.00 bits per heavy atom. The molecule has 1 fully saturated rings. The molecule has 1 aromatic rings. The first-order valence-corrected chi connectivity index (χ1v) is 7.80. The molecule has 1 amide bonds. The van der Waals surface area contributed by atoms with E-state index in [4.69, 9.17) is 4.74 Å². The maximum Gasteiger partial charge on any atom is 0.221 e. The van der Waals surface area contributed by atoms with Gasteiger partial charge in [0.25, 0.3) is 0 Å². The molecule has 5 heteroatoms. The van der Waals surface area contributed by atoms with Crippen molar-refractivity contribution in [1.82, 2.24) is 5.32 Å². The lowest BCUT2D eigenvalue weighted by molar-refractivity contribution is -0.114. The van der Waals surface area contributed by atoms with Gasteiger partial charge in [0, 0.05) is 24.9 Å². The first-order chi connectivity index (χ1) is 9.25. The topological polar surface area (TPSA) is 50.4 Å². The first kappa shape index (κ1) is 14.5. The van der Waals surface area contributed by atoms with Gasteiger partial charge in [-0.3, -0.25) is 4.79 Å². The average molecular weight is 282 g/mol. The molecular weight excluding hydrogens is 260 g/mol. The number of rotatable bonds is 7. The molecule has 0 aliphatic heterocycles. The molecule has 0 spiro atoms. The molecule has 1 heterocycles. The number of anilines is 1. The summed E-state index contributed by atoms with van der Waals surface area (Å²) in [5, 5.41) is 8.20. The molecule has 0 aromatic carbocycles. The normalized spacial score (nSPS) is 15.8. The molecular formula is C14H22N2O2S. The third-order valence-corrected chi connectivity index (χ3v) is 4.20. The smallest absolute Gasteiger partial charge is 0.221 e. The summed E-state index contributed by atoms with van der Waals surface area (Å²) in [7, 11) is 0. The van der Waals surface area contributed by atoms with Gasteiger partial charge in [0.05, 0.1) is 18.4 Å². The molecule has 0 bridgehead atoms. The van der Waals surface area contributed by atoms with Crippen LogP contribution in [0.2, 0.25) is 0 Å². The monoisotopic (exact) mass is 282 g/mol. The highest BCUT2D eigenvalue weighted by molar-refractivity contribution is 7.10. The van der Waals surface area contributed by atoms with E-state index in [2.05, 4.69) is 10.6 Å². The van der Waals surface area contributed by atoms with Crippen LogP contribution in [0.15, 0.2) is 11.4 Å². The van der Waals surface area contributed by atoms with Gasteiger partial charge in [-0.25, -0.2) is 0 Å². The van der Waals surface area contributed by atoms with Crippen LogP contribution in [0.3, 0.4) is 0 Å². The second kappa shape index (κ2) is 7.62. The van der Waals surface area contributed by atoms with E-state index in [-0.39, 0.29) is 5.91 Å². The highest BCUT2D eigenvalue weighted by atomic mass is 32.1. The van der Waals surface area contributed by atoms with E-state index in [0.717, 1.165) is 30.3 Å². The van der Waals surface area contributed by atoms with E-state index in [1.54, 1.807) is 11.3 Å². The van der Waals surface area contributed by atoms with Gasteiger partial charge in [-0.2, -0.15) is 0 Å². The summed E-state index contributed by atoms with van der Waals surface area (Å²) >= 11 is 1.66. The quantitative estimate of drug-likeness (QED) is 0.756. The third-order valence-electron chi connectivity index (χ3n) is 3.28. The summed E-state index contributed by atoms with van der Waals surface area (Å²) in [4.78, 5) is 12.2. The minimum atomic E-state index is -0.0239. The highest BCUT2D eigenvalue weighted by Crippen LogP contribution is 2.22. The van der Waals surface area contributed by atoms with Crippen molar-refractivity contribution in [2.75, 3.05) is 18.5 Å². The number of carbonyl (C=O) groups is 1. The summed E-state index contributed by atoms with van der Waals surface area (Å²) in [5.74, 6) is -0.0239. The highest BCUT2D eigenvalue weighted by Gasteiger charge is 2.14. The van der Waals surface area contributed by atoms with Crippen LogP contribution in [-0.4, -0.2) is 25.2 Å². The number of hydrogen-bond donors (Lipinski definition) is 2. The Labute approximate surface area is 118 Å². The number of nitrogens with one attached hydrogen (secondary N) is 2. The molecule has 2 rings (SSSR count). The fraction of sp³-hybridized carbons (Fsp3) is 0.643. The van der Waals surface area contributed by atoms with Gasteiger partial charge < -0.3 is 15.4 Å². The molecule has 0 saturated heterocycles. The van der Waals surface area contributed by atoms with Crippen molar-refractivity contribution in [1.29, 1.82) is 0 Å². The largest absolute Gasteiger partial charge is 0.377 e. The molecule has 0 unspecified atom stereocenters. The number of amides is 1. The molecule has 2 N–H and O–H groups in total. The van der Waals surface area contributed by atoms with E-state index in [1.165, 1.54) is 32.6 Å². The van der Waals surface area contributed by atoms with Crippen LogP contribution in [0.5, 0.6) is 0 Å².